The van der Waals surface area contributed by atoms with Crippen molar-refractivity contribution in [3.05, 3.63) is 36.2 Å². The number of ether oxygens (including phenoxy) is 3. The molecule has 2 atom stereocenters. The number of likely N-dealkylation sites (tertiary alicyclic amines) is 1. The van der Waals surface area contributed by atoms with Gasteiger partial charge in [0.2, 0.25) is 0 Å². The first-order valence-electron chi connectivity index (χ1n) is 8.84. The lowest BCUT2D eigenvalue weighted by atomic mass is 10.0. The van der Waals surface area contributed by atoms with Crippen LogP contribution >= 0.6 is 0 Å². The number of rotatable bonds is 6. The molecular weight excluding hydrogens is 320 g/mol. The van der Waals surface area contributed by atoms with Crippen molar-refractivity contribution < 1.29 is 14.2 Å². The van der Waals surface area contributed by atoms with Crippen LogP contribution in [0.4, 0.5) is 0 Å². The summed E-state index contributed by atoms with van der Waals surface area (Å²) in [7, 11) is 1.66. The molecule has 2 aromatic rings. The van der Waals surface area contributed by atoms with Crippen LogP contribution in [0.1, 0.15) is 24.6 Å². The monoisotopic (exact) mass is 344 g/mol. The first-order chi connectivity index (χ1) is 12.3. The molecule has 2 aliphatic heterocycles. The molecule has 2 aliphatic rings. The van der Waals surface area contributed by atoms with Crippen molar-refractivity contribution in [3.63, 3.8) is 0 Å². The Kier molecular flexibility index (Phi) is 4.85. The molecular formula is C18H24N4O3. The van der Waals surface area contributed by atoms with Gasteiger partial charge in [-0.3, -0.25) is 0 Å². The second-order valence-corrected chi connectivity index (χ2v) is 6.53. The van der Waals surface area contributed by atoms with Crippen LogP contribution in [0.2, 0.25) is 0 Å². The Balaban J connectivity index is 1.27. The fourth-order valence-corrected chi connectivity index (χ4v) is 3.66. The molecule has 134 valence electrons. The number of piperidine rings is 1. The van der Waals surface area contributed by atoms with Gasteiger partial charge in [0.05, 0.1) is 44.4 Å². The first kappa shape index (κ1) is 16.4. The van der Waals surface area contributed by atoms with Crippen LogP contribution in [0.5, 0.6) is 11.5 Å². The molecule has 1 aromatic heterocycles. The second kappa shape index (κ2) is 7.41. The molecule has 1 saturated heterocycles. The van der Waals surface area contributed by atoms with Gasteiger partial charge in [-0.1, -0.05) is 17.3 Å². The van der Waals surface area contributed by atoms with Gasteiger partial charge in [0, 0.05) is 19.6 Å². The summed E-state index contributed by atoms with van der Waals surface area (Å²) < 4.78 is 19.2. The van der Waals surface area contributed by atoms with E-state index >= 15 is 0 Å². The summed E-state index contributed by atoms with van der Waals surface area (Å²) in [6.45, 7) is 4.31. The highest BCUT2D eigenvalue weighted by atomic mass is 16.5. The Hall–Kier alpha value is -2.12. The summed E-state index contributed by atoms with van der Waals surface area (Å²) >= 11 is 0. The minimum atomic E-state index is 0.260. The van der Waals surface area contributed by atoms with Crippen LogP contribution in [0.15, 0.2) is 30.5 Å². The van der Waals surface area contributed by atoms with Crippen molar-refractivity contribution in [3.8, 4) is 11.5 Å². The van der Waals surface area contributed by atoms with Crippen LogP contribution in [0.25, 0.3) is 0 Å². The zero-order chi connectivity index (χ0) is 17.1. The van der Waals surface area contributed by atoms with Gasteiger partial charge in [-0.15, -0.1) is 5.10 Å². The average molecular weight is 344 g/mol. The van der Waals surface area contributed by atoms with Crippen LogP contribution in [0.3, 0.4) is 0 Å². The first-order valence-corrected chi connectivity index (χ1v) is 8.84. The number of aromatic nitrogens is 3. The van der Waals surface area contributed by atoms with Gasteiger partial charge in [0.15, 0.2) is 11.5 Å². The van der Waals surface area contributed by atoms with E-state index in [4.69, 9.17) is 14.2 Å². The Bertz CT molecular complexity index is 705. The molecule has 0 unspecified atom stereocenters. The summed E-state index contributed by atoms with van der Waals surface area (Å²) in [6.07, 6.45) is 4.07. The fourth-order valence-electron chi connectivity index (χ4n) is 3.66. The van der Waals surface area contributed by atoms with E-state index in [0.717, 1.165) is 49.7 Å². The van der Waals surface area contributed by atoms with E-state index in [0.29, 0.717) is 13.2 Å². The number of para-hydroxylation sites is 2. The molecule has 7 nitrogen and oxygen atoms in total. The van der Waals surface area contributed by atoms with Crippen molar-refractivity contribution in [1.29, 1.82) is 0 Å². The van der Waals surface area contributed by atoms with E-state index in [2.05, 4.69) is 15.2 Å². The minimum Gasteiger partial charge on any atom is -0.493 e. The van der Waals surface area contributed by atoms with Crippen molar-refractivity contribution in [1.82, 2.24) is 19.9 Å². The molecule has 0 amide bonds. The topological polar surface area (TPSA) is 61.6 Å². The highest BCUT2D eigenvalue weighted by Crippen LogP contribution is 2.30. The molecule has 0 saturated carbocycles. The number of fused-ring (bicyclic) bond motifs is 3. The van der Waals surface area contributed by atoms with Gasteiger partial charge in [-0.05, 0) is 25.0 Å². The number of methoxy groups -OCH3 is 1. The smallest absolute Gasteiger partial charge is 0.161 e. The van der Waals surface area contributed by atoms with E-state index in [9.17, 15) is 0 Å². The highest BCUT2D eigenvalue weighted by Gasteiger charge is 2.36. The third-order valence-electron chi connectivity index (χ3n) is 4.96. The summed E-state index contributed by atoms with van der Waals surface area (Å²) in [4.78, 5) is 2.47. The normalized spacial score (nSPS) is 22.9. The van der Waals surface area contributed by atoms with Gasteiger partial charge in [-0.2, -0.15) is 0 Å². The van der Waals surface area contributed by atoms with Gasteiger partial charge in [0.25, 0.3) is 0 Å². The largest absolute Gasteiger partial charge is 0.493 e. The van der Waals surface area contributed by atoms with E-state index in [1.54, 1.807) is 13.3 Å². The third kappa shape index (κ3) is 3.48. The summed E-state index contributed by atoms with van der Waals surface area (Å²) in [5.41, 5.74) is 1.07. The maximum absolute atomic E-state index is 5.96. The van der Waals surface area contributed by atoms with Gasteiger partial charge < -0.3 is 19.1 Å². The van der Waals surface area contributed by atoms with E-state index in [1.807, 2.05) is 28.9 Å². The average Bonchev–Trinajstić information content (AvgIpc) is 3.15. The van der Waals surface area contributed by atoms with E-state index in [-0.39, 0.29) is 12.1 Å². The molecule has 25 heavy (non-hydrogen) atoms. The highest BCUT2D eigenvalue weighted by molar-refractivity contribution is 5.39. The van der Waals surface area contributed by atoms with E-state index in [1.165, 1.54) is 0 Å². The molecule has 0 radical (unpaired) electrons. The van der Waals surface area contributed by atoms with Gasteiger partial charge >= 0.3 is 0 Å². The van der Waals surface area contributed by atoms with Crippen molar-refractivity contribution in [2.24, 2.45) is 0 Å². The van der Waals surface area contributed by atoms with Crippen molar-refractivity contribution >= 4 is 0 Å². The van der Waals surface area contributed by atoms with Gasteiger partial charge in [0.1, 0.15) is 0 Å². The lowest BCUT2D eigenvalue weighted by Crippen LogP contribution is -2.48. The Morgan fingerprint density at radius 1 is 1.28 bits per heavy atom. The predicted octanol–water partition coefficient (Wildman–Crippen LogP) is 1.90. The Labute approximate surface area is 147 Å². The molecule has 1 fully saturated rings. The zero-order valence-electron chi connectivity index (χ0n) is 14.5. The quantitative estimate of drug-likeness (QED) is 0.746. The number of benzene rings is 1. The molecule has 0 N–H and O–H groups in total. The standard InChI is InChI=1S/C18H24N4O3/c1-23-17-5-2-3-6-18(17)24-10-4-8-21-9-7-16-15(12-21)22-14(13-25-16)11-19-20-22/h2-3,5-6,11,15-16H,4,7-10,12-13H2,1H3/t15-,16+/m1/s1. The molecule has 0 spiro atoms. The molecule has 3 heterocycles. The maximum Gasteiger partial charge on any atom is 0.161 e. The summed E-state index contributed by atoms with van der Waals surface area (Å²) in [5, 5.41) is 8.28. The Morgan fingerprint density at radius 2 is 2.16 bits per heavy atom. The zero-order valence-corrected chi connectivity index (χ0v) is 14.5. The van der Waals surface area contributed by atoms with Crippen molar-refractivity contribution in [2.45, 2.75) is 31.6 Å². The Morgan fingerprint density at radius 3 is 3.04 bits per heavy atom. The SMILES string of the molecule is COc1ccccc1OCCCN1CC[C@@H]2OCc3cnnn3[C@@H]2C1. The molecule has 0 bridgehead atoms. The lowest BCUT2D eigenvalue weighted by molar-refractivity contribution is -0.0659. The summed E-state index contributed by atoms with van der Waals surface area (Å²) in [5.74, 6) is 1.58. The number of nitrogens with zero attached hydrogens (tertiary/aromatic N) is 4. The predicted molar refractivity (Wildman–Crippen MR) is 91.8 cm³/mol. The molecule has 0 aliphatic carbocycles. The lowest BCUT2D eigenvalue weighted by Gasteiger charge is -2.41. The fraction of sp³-hybridized carbons (Fsp3) is 0.556. The molecule has 1 aromatic carbocycles. The minimum absolute atomic E-state index is 0.260. The third-order valence-corrected chi connectivity index (χ3v) is 4.96. The van der Waals surface area contributed by atoms with Gasteiger partial charge in [-0.25, -0.2) is 4.68 Å². The van der Waals surface area contributed by atoms with Crippen LogP contribution in [0, 0.1) is 0 Å². The summed E-state index contributed by atoms with van der Waals surface area (Å²) in [6, 6.07) is 8.03. The van der Waals surface area contributed by atoms with E-state index < -0.39 is 0 Å². The molecule has 4 rings (SSSR count). The maximum atomic E-state index is 5.96. The van der Waals surface area contributed by atoms with Crippen LogP contribution in [-0.2, 0) is 11.3 Å². The van der Waals surface area contributed by atoms with Crippen molar-refractivity contribution in [2.75, 3.05) is 33.4 Å². The molecule has 7 heteroatoms. The second-order valence-electron chi connectivity index (χ2n) is 6.53. The number of hydrogen-bond acceptors (Lipinski definition) is 6. The van der Waals surface area contributed by atoms with Crippen LogP contribution < -0.4 is 9.47 Å². The van der Waals surface area contributed by atoms with Crippen LogP contribution in [-0.4, -0.2) is 59.3 Å². The number of hydrogen-bond donors (Lipinski definition) is 0.